The van der Waals surface area contributed by atoms with Gasteiger partial charge in [-0.1, -0.05) is 0 Å². The molecular weight excluding hydrogens is 299 g/mol. The van der Waals surface area contributed by atoms with E-state index in [9.17, 15) is 4.39 Å². The molecule has 0 saturated heterocycles. The quantitative estimate of drug-likeness (QED) is 0.768. The fourth-order valence-electron chi connectivity index (χ4n) is 2.50. The van der Waals surface area contributed by atoms with Crippen molar-refractivity contribution in [2.45, 2.75) is 39.0 Å². The molecular formula is C17H21FN2OS. The summed E-state index contributed by atoms with van der Waals surface area (Å²) in [6.07, 6.45) is 2.72. The fourth-order valence-corrected chi connectivity index (χ4v) is 3.20. The van der Waals surface area contributed by atoms with E-state index in [1.165, 1.54) is 25.0 Å². The first-order valence-corrected chi connectivity index (χ1v) is 8.51. The third-order valence-electron chi connectivity index (χ3n) is 4.19. The Balaban J connectivity index is 1.51. The first kappa shape index (κ1) is 15.4. The van der Waals surface area contributed by atoms with Crippen LogP contribution >= 0.6 is 11.3 Å². The average Bonchev–Trinajstić information content (AvgIpc) is 3.27. The van der Waals surface area contributed by atoms with Crippen molar-refractivity contribution in [2.75, 3.05) is 7.05 Å². The highest BCUT2D eigenvalue weighted by Crippen LogP contribution is 2.35. The van der Waals surface area contributed by atoms with Crippen LogP contribution in [0.1, 0.15) is 30.5 Å². The lowest BCUT2D eigenvalue weighted by Gasteiger charge is -2.23. The molecule has 1 atom stereocenters. The zero-order chi connectivity index (χ0) is 15.5. The summed E-state index contributed by atoms with van der Waals surface area (Å²) in [6.45, 7) is 3.60. The van der Waals surface area contributed by atoms with Crippen molar-refractivity contribution in [3.63, 3.8) is 0 Å². The summed E-state index contributed by atoms with van der Waals surface area (Å²) in [7, 11) is 2.16. The molecule has 118 valence electrons. The Bertz CT molecular complexity index is 609. The van der Waals surface area contributed by atoms with E-state index in [1.54, 1.807) is 23.5 Å². The van der Waals surface area contributed by atoms with Gasteiger partial charge in [-0.2, -0.15) is 0 Å². The molecule has 1 fully saturated rings. The predicted molar refractivity (Wildman–Crippen MR) is 86.5 cm³/mol. The van der Waals surface area contributed by atoms with Crippen molar-refractivity contribution in [1.29, 1.82) is 0 Å². The lowest BCUT2D eigenvalue weighted by molar-refractivity contribution is 0.224. The van der Waals surface area contributed by atoms with Crippen LogP contribution in [0.5, 0.6) is 5.75 Å². The first-order chi connectivity index (χ1) is 10.6. The second-order valence-corrected chi connectivity index (χ2v) is 6.91. The molecule has 2 aromatic rings. The zero-order valence-corrected chi connectivity index (χ0v) is 13.8. The molecule has 0 spiro atoms. The topological polar surface area (TPSA) is 25.4 Å². The lowest BCUT2D eigenvalue weighted by atomic mass is 10.2. The molecule has 22 heavy (non-hydrogen) atoms. The summed E-state index contributed by atoms with van der Waals surface area (Å²) in [5, 5.41) is 3.05. The SMILES string of the molecule is CC(C1CC1)N(C)Cc1csc(COc2ccc(F)cc2)n1. The molecule has 0 bridgehead atoms. The number of ether oxygens (including phenoxy) is 1. The maximum atomic E-state index is 12.8. The van der Waals surface area contributed by atoms with E-state index in [4.69, 9.17) is 4.74 Å². The highest BCUT2D eigenvalue weighted by Gasteiger charge is 2.30. The van der Waals surface area contributed by atoms with Crippen molar-refractivity contribution in [2.24, 2.45) is 5.92 Å². The van der Waals surface area contributed by atoms with Gasteiger partial charge in [0.25, 0.3) is 0 Å². The van der Waals surface area contributed by atoms with Gasteiger partial charge in [0.1, 0.15) is 23.2 Å². The number of hydrogen-bond acceptors (Lipinski definition) is 4. The minimum Gasteiger partial charge on any atom is -0.486 e. The van der Waals surface area contributed by atoms with Gasteiger partial charge in [0.15, 0.2) is 0 Å². The third-order valence-corrected chi connectivity index (χ3v) is 5.06. The molecule has 1 unspecified atom stereocenters. The van der Waals surface area contributed by atoms with Gasteiger partial charge in [-0.05, 0) is 57.0 Å². The van der Waals surface area contributed by atoms with Crippen LogP contribution in [0.15, 0.2) is 29.6 Å². The number of nitrogens with zero attached hydrogens (tertiary/aromatic N) is 2. The van der Waals surface area contributed by atoms with Gasteiger partial charge in [-0.15, -0.1) is 11.3 Å². The van der Waals surface area contributed by atoms with Gasteiger partial charge >= 0.3 is 0 Å². The maximum Gasteiger partial charge on any atom is 0.140 e. The second kappa shape index (κ2) is 6.75. The molecule has 0 aliphatic heterocycles. The summed E-state index contributed by atoms with van der Waals surface area (Å²) < 4.78 is 18.5. The van der Waals surface area contributed by atoms with E-state index in [1.807, 2.05) is 0 Å². The Morgan fingerprint density at radius 2 is 2.09 bits per heavy atom. The number of thiazole rings is 1. The lowest BCUT2D eigenvalue weighted by Crippen LogP contribution is -2.30. The normalized spacial score (nSPS) is 16.0. The van der Waals surface area contributed by atoms with Crippen molar-refractivity contribution in [3.05, 3.63) is 46.2 Å². The van der Waals surface area contributed by atoms with Crippen LogP contribution in [0, 0.1) is 11.7 Å². The fraction of sp³-hybridized carbons (Fsp3) is 0.471. The summed E-state index contributed by atoms with van der Waals surface area (Å²) >= 11 is 1.61. The van der Waals surface area contributed by atoms with Gasteiger partial charge < -0.3 is 4.74 Å². The van der Waals surface area contributed by atoms with Crippen molar-refractivity contribution < 1.29 is 9.13 Å². The molecule has 0 amide bonds. The monoisotopic (exact) mass is 320 g/mol. The largest absolute Gasteiger partial charge is 0.486 e. The van der Waals surface area contributed by atoms with Gasteiger partial charge in [-0.25, -0.2) is 9.37 Å². The molecule has 5 heteroatoms. The summed E-state index contributed by atoms with van der Waals surface area (Å²) in [6, 6.07) is 6.69. The van der Waals surface area contributed by atoms with Crippen LogP contribution in [0.25, 0.3) is 0 Å². The number of benzene rings is 1. The number of hydrogen-bond donors (Lipinski definition) is 0. The standard InChI is InChI=1S/C17H21FN2OS/c1-12(13-3-4-13)20(2)9-15-11-22-17(19-15)10-21-16-7-5-14(18)6-8-16/h5-8,11-13H,3-4,9-10H2,1-2H3. The third kappa shape index (κ3) is 4.05. The molecule has 1 heterocycles. The van der Waals surface area contributed by atoms with Crippen LogP contribution in [-0.2, 0) is 13.2 Å². The Morgan fingerprint density at radius 3 is 2.77 bits per heavy atom. The molecule has 1 aliphatic rings. The zero-order valence-electron chi connectivity index (χ0n) is 13.0. The molecule has 3 rings (SSSR count). The van der Waals surface area contributed by atoms with E-state index < -0.39 is 0 Å². The van der Waals surface area contributed by atoms with Crippen molar-refractivity contribution in [3.8, 4) is 5.75 Å². The van der Waals surface area contributed by atoms with Crippen LogP contribution in [0.2, 0.25) is 0 Å². The van der Waals surface area contributed by atoms with Gasteiger partial charge in [0.2, 0.25) is 0 Å². The molecule has 1 aliphatic carbocycles. The minimum absolute atomic E-state index is 0.253. The Labute approximate surface area is 134 Å². The van der Waals surface area contributed by atoms with Crippen molar-refractivity contribution in [1.82, 2.24) is 9.88 Å². The van der Waals surface area contributed by atoms with Crippen LogP contribution in [-0.4, -0.2) is 23.0 Å². The van der Waals surface area contributed by atoms with Crippen LogP contribution < -0.4 is 4.74 Å². The highest BCUT2D eigenvalue weighted by atomic mass is 32.1. The molecule has 1 saturated carbocycles. The smallest absolute Gasteiger partial charge is 0.140 e. The summed E-state index contributed by atoms with van der Waals surface area (Å²) in [4.78, 5) is 7.00. The average molecular weight is 320 g/mol. The van der Waals surface area contributed by atoms with E-state index in [0.29, 0.717) is 18.4 Å². The van der Waals surface area contributed by atoms with Gasteiger partial charge in [0.05, 0.1) is 5.69 Å². The van der Waals surface area contributed by atoms with E-state index in [-0.39, 0.29) is 5.82 Å². The predicted octanol–water partition coefficient (Wildman–Crippen LogP) is 4.09. The van der Waals surface area contributed by atoms with Crippen LogP contribution in [0.4, 0.5) is 4.39 Å². The maximum absolute atomic E-state index is 12.8. The van der Waals surface area contributed by atoms with Crippen molar-refractivity contribution >= 4 is 11.3 Å². The molecule has 1 aromatic carbocycles. The minimum atomic E-state index is -0.253. The van der Waals surface area contributed by atoms with E-state index >= 15 is 0 Å². The number of rotatable bonds is 7. The van der Waals surface area contributed by atoms with Gasteiger partial charge in [0, 0.05) is 18.0 Å². The Kier molecular flexibility index (Phi) is 4.74. The number of aromatic nitrogens is 1. The molecule has 0 N–H and O–H groups in total. The Morgan fingerprint density at radius 1 is 1.36 bits per heavy atom. The van der Waals surface area contributed by atoms with Gasteiger partial charge in [-0.3, -0.25) is 4.90 Å². The second-order valence-electron chi connectivity index (χ2n) is 5.97. The highest BCUT2D eigenvalue weighted by molar-refractivity contribution is 7.09. The summed E-state index contributed by atoms with van der Waals surface area (Å²) in [5.41, 5.74) is 1.10. The van der Waals surface area contributed by atoms with E-state index in [2.05, 4.69) is 29.2 Å². The first-order valence-electron chi connectivity index (χ1n) is 7.63. The van der Waals surface area contributed by atoms with E-state index in [0.717, 1.165) is 23.2 Å². The number of halogens is 1. The summed E-state index contributed by atoms with van der Waals surface area (Å²) in [5.74, 6) is 1.28. The Hall–Kier alpha value is -1.46. The molecule has 3 nitrogen and oxygen atoms in total. The molecule has 1 aromatic heterocycles. The molecule has 0 radical (unpaired) electrons. The van der Waals surface area contributed by atoms with Crippen LogP contribution in [0.3, 0.4) is 0 Å².